The third kappa shape index (κ3) is 14.7. The first-order chi connectivity index (χ1) is 51.7. The largest absolute Gasteiger partial charge is 0.457 e. The number of aliphatic hydroxyl groups excluding tert-OH is 4. The molecule has 0 aromatic heterocycles. The van der Waals surface area contributed by atoms with Crippen LogP contribution in [0.15, 0.2) is 59.3 Å². The first kappa shape index (κ1) is 88.0. The summed E-state index contributed by atoms with van der Waals surface area (Å²) < 4.78 is 39.1. The lowest BCUT2D eigenvalue weighted by Gasteiger charge is -2.60. The SMILES string of the molecule is C=C(CNC(=O)C(F)C(F)C(=O)NCC(=C)C(C)(C)CC(C)(Br)C(=O)OCC(=O)C1(O)CCC2C3CCC4=CC(=O)CCC4(C)C3C(O)CC21C)C(C)(C)CC(C)(Br)C(=O)OCC(=O)C1(O)CCC2C3CCC4=CC(=O)CCC4(C)C3C(O)CC21C.CC12CCC(=O)C=C1CCC1C2C(O)CC2(C)C1CCC2(O)C(=O)CO. The van der Waals surface area contributed by atoms with Crippen LogP contribution < -0.4 is 10.6 Å². The van der Waals surface area contributed by atoms with E-state index in [4.69, 9.17) is 9.47 Å². The van der Waals surface area contributed by atoms with Crippen LogP contribution in [0.4, 0.5) is 8.78 Å². The molecule has 21 nitrogen and oxygen atoms in total. The molecule has 622 valence electrons. The summed E-state index contributed by atoms with van der Waals surface area (Å²) in [5.41, 5.74) is -6.82. The van der Waals surface area contributed by atoms with Gasteiger partial charge in [0.15, 0.2) is 36.3 Å². The summed E-state index contributed by atoms with van der Waals surface area (Å²) in [4.78, 5) is 130. The number of ketones is 6. The Morgan fingerprint density at radius 1 is 0.482 bits per heavy atom. The van der Waals surface area contributed by atoms with E-state index in [9.17, 15) is 83.7 Å². The smallest absolute Gasteiger partial charge is 0.323 e. The van der Waals surface area contributed by atoms with Crippen molar-refractivity contribution in [1.29, 1.82) is 0 Å². The van der Waals surface area contributed by atoms with Crippen molar-refractivity contribution in [1.82, 2.24) is 10.6 Å². The molecule has 2 amide bonds. The second-order valence-electron chi connectivity index (χ2n) is 39.5. The highest BCUT2D eigenvalue weighted by Gasteiger charge is 2.72. The quantitative estimate of drug-likeness (QED) is 0.0261. The Morgan fingerprint density at radius 2 is 0.759 bits per heavy atom. The fourth-order valence-corrected chi connectivity index (χ4v) is 27.4. The summed E-state index contributed by atoms with van der Waals surface area (Å²) >= 11 is 6.89. The summed E-state index contributed by atoms with van der Waals surface area (Å²) in [5, 5.41) is 84.3. The normalized spacial score (nSPS) is 40.7. The molecule has 0 aromatic rings. The fraction of sp³-hybridized carbons (Fsp3) is 0.770. The number of esters is 2. The maximum atomic E-state index is 15.4. The second kappa shape index (κ2) is 30.8. The zero-order valence-electron chi connectivity index (χ0n) is 67.6. The maximum absolute atomic E-state index is 15.4. The van der Waals surface area contributed by atoms with Gasteiger partial charge in [-0.25, -0.2) is 8.78 Å². The molecule has 9 fully saturated rings. The average molecular weight is 1700 g/mol. The Hall–Kier alpha value is -4.86. The number of rotatable bonds is 23. The third-order valence-corrected chi connectivity index (χ3v) is 33.6. The van der Waals surface area contributed by atoms with E-state index in [-0.39, 0.29) is 138 Å². The average Bonchev–Trinajstić information content (AvgIpc) is 1.50. The number of ether oxygens (including phenoxy) is 2. The maximum Gasteiger partial charge on any atom is 0.323 e. The summed E-state index contributed by atoms with van der Waals surface area (Å²) in [6.07, 6.45) is 8.50. The summed E-state index contributed by atoms with van der Waals surface area (Å²) in [7, 11) is 0. The minimum atomic E-state index is -2.93. The van der Waals surface area contributed by atoms with Crippen LogP contribution in [0.2, 0.25) is 0 Å². The molecule has 0 heterocycles. The van der Waals surface area contributed by atoms with Crippen molar-refractivity contribution in [3.8, 4) is 0 Å². The monoisotopic (exact) mass is 1690 g/mol. The van der Waals surface area contributed by atoms with Gasteiger partial charge in [0.25, 0.3) is 11.8 Å². The van der Waals surface area contributed by atoms with E-state index in [1.54, 1.807) is 45.9 Å². The predicted molar refractivity (Wildman–Crippen MR) is 419 cm³/mol. The number of allylic oxidation sites excluding steroid dienone is 3. The Morgan fingerprint density at radius 3 is 1.04 bits per heavy atom. The molecule has 25 heteroatoms. The van der Waals surface area contributed by atoms with Gasteiger partial charge in [0.1, 0.15) is 32.1 Å². The number of hydrogen-bond acceptors (Lipinski definition) is 19. The summed E-state index contributed by atoms with van der Waals surface area (Å²) in [5.74, 6) is -5.81. The molecule has 112 heavy (non-hydrogen) atoms. The zero-order chi connectivity index (χ0) is 83.0. The van der Waals surface area contributed by atoms with Crippen molar-refractivity contribution < 1.29 is 102 Å². The van der Waals surface area contributed by atoms with Gasteiger partial charge < -0.3 is 55.9 Å². The molecule has 12 aliphatic rings. The number of halogens is 4. The molecule has 12 rings (SSSR count). The molecule has 0 saturated heterocycles. The van der Waals surface area contributed by atoms with E-state index in [1.807, 2.05) is 20.8 Å². The van der Waals surface area contributed by atoms with Crippen molar-refractivity contribution in [3.63, 3.8) is 0 Å². The van der Waals surface area contributed by atoms with E-state index in [2.05, 4.69) is 76.4 Å². The van der Waals surface area contributed by atoms with E-state index in [0.29, 0.717) is 81.8 Å². The van der Waals surface area contributed by atoms with Crippen LogP contribution in [-0.4, -0.2) is 183 Å². The molecule has 0 aromatic carbocycles. The van der Waals surface area contributed by atoms with Crippen LogP contribution in [0.1, 0.15) is 231 Å². The van der Waals surface area contributed by atoms with Gasteiger partial charge in [-0.15, -0.1) is 0 Å². The highest BCUT2D eigenvalue weighted by molar-refractivity contribution is 9.10. The number of carbonyl (C=O) groups is 10. The molecular formula is C87H122Br2F2N2O19. The first-order valence-corrected chi connectivity index (χ1v) is 42.4. The van der Waals surface area contributed by atoms with Gasteiger partial charge in [-0.2, -0.15) is 0 Å². The number of aliphatic hydroxyl groups is 7. The molecule has 9 N–H and O–H groups in total. The minimum absolute atomic E-state index is 0.00640. The van der Waals surface area contributed by atoms with Crippen molar-refractivity contribution >= 4 is 90.3 Å². The fourth-order valence-electron chi connectivity index (χ4n) is 25.8. The van der Waals surface area contributed by atoms with E-state index >= 15 is 8.78 Å². The van der Waals surface area contributed by atoms with Crippen molar-refractivity contribution in [2.75, 3.05) is 32.9 Å². The van der Waals surface area contributed by atoms with Crippen LogP contribution in [0.5, 0.6) is 0 Å². The molecule has 25 unspecified atom stereocenters. The van der Waals surface area contributed by atoms with Crippen LogP contribution in [0.3, 0.4) is 0 Å². The number of fused-ring (bicyclic) bond motifs is 15. The number of nitrogens with one attached hydrogen (secondary N) is 2. The van der Waals surface area contributed by atoms with Crippen molar-refractivity contribution in [3.05, 3.63) is 59.3 Å². The summed E-state index contributed by atoms with van der Waals surface area (Å²) in [6, 6.07) is 0. The number of Topliss-reactive ketones (excluding diaryl/α,β-unsaturated/α-hetero) is 3. The Kier molecular flexibility index (Phi) is 24.2. The Labute approximate surface area is 674 Å². The van der Waals surface area contributed by atoms with Crippen LogP contribution in [0.25, 0.3) is 0 Å². The molecule has 0 radical (unpaired) electrons. The summed E-state index contributed by atoms with van der Waals surface area (Å²) in [6.45, 7) is 27.1. The number of hydrogen-bond donors (Lipinski definition) is 9. The molecular weight excluding hydrogens is 1570 g/mol. The van der Waals surface area contributed by atoms with Gasteiger partial charge in [-0.1, -0.05) is 142 Å². The molecule has 9 saturated carbocycles. The molecule has 0 spiro atoms. The minimum Gasteiger partial charge on any atom is -0.457 e. The van der Waals surface area contributed by atoms with Crippen molar-refractivity contribution in [2.45, 2.75) is 287 Å². The topological polar surface area (TPSA) is 355 Å². The van der Waals surface area contributed by atoms with E-state index in [1.165, 1.54) is 19.4 Å². The molecule has 0 aliphatic heterocycles. The predicted octanol–water partition coefficient (Wildman–Crippen LogP) is 10.6. The Bertz CT molecular complexity index is 3790. The van der Waals surface area contributed by atoms with Crippen LogP contribution in [-0.2, 0) is 57.4 Å². The van der Waals surface area contributed by atoms with Gasteiger partial charge in [-0.05, 0) is 241 Å². The molecule has 12 aliphatic carbocycles. The van der Waals surface area contributed by atoms with Crippen LogP contribution >= 0.6 is 31.9 Å². The van der Waals surface area contributed by atoms with Gasteiger partial charge >= 0.3 is 11.9 Å². The number of alkyl halides is 4. The lowest BCUT2D eigenvalue weighted by Crippen LogP contribution is -2.62. The zero-order valence-corrected chi connectivity index (χ0v) is 70.7. The number of amides is 2. The lowest BCUT2D eigenvalue weighted by molar-refractivity contribution is -0.184. The van der Waals surface area contributed by atoms with Gasteiger partial charge in [0, 0.05) is 48.6 Å². The van der Waals surface area contributed by atoms with E-state index < -0.39 is 144 Å². The highest BCUT2D eigenvalue weighted by atomic mass is 79.9. The standard InChI is InChI=1S/C66H92Br2F2N2O14.C21H30O5/c1-35(57(3,4)33-63(11,67)55(81)85-31-47(77)65(83)23-19-43-41-15-13-37-25-39(73)17-21-59(37,7)49(41)45(75)27-61(43,65)9)29-71-53(79)51(69)52(70)54(80)72-30-36(2)58(5,6)34-64(12,68)56(82)86-32-48(78)66(84)24-20-44-42-16-14-38-26-40(74)18-22-60(38,8)50(42)46(76)28-62(44,66)10;1-19-7-5-13(23)9-12(19)3-4-14-15-6-8-21(26,17(25)11-22)20(15,2)10-16(24)18(14)19/h25-26,41-46,49-52,75-76,83-84H,1-2,13-24,27-34H2,3-12H3,(H,71,79)(H,72,80);9,14-16,18,22,24,26H,3-8,10-11H2,1-2H3. The third-order valence-electron chi connectivity index (χ3n) is 32.4. The number of carbonyl (C=O) groups excluding carboxylic acids is 10. The van der Waals surface area contributed by atoms with Crippen LogP contribution in [0, 0.1) is 96.6 Å². The van der Waals surface area contributed by atoms with Gasteiger partial charge in [0.2, 0.25) is 23.9 Å². The van der Waals surface area contributed by atoms with Crippen molar-refractivity contribution in [2.24, 2.45) is 96.6 Å². The lowest BCUT2D eigenvalue weighted by atomic mass is 9.45. The first-order valence-electron chi connectivity index (χ1n) is 40.8. The van der Waals surface area contributed by atoms with Gasteiger partial charge in [0.05, 0.1) is 18.3 Å². The highest BCUT2D eigenvalue weighted by Crippen LogP contribution is 2.72. The molecule has 0 bridgehead atoms. The van der Waals surface area contributed by atoms with E-state index in [0.717, 1.165) is 49.7 Å². The Balaban J connectivity index is 0.000000398. The second-order valence-corrected chi connectivity index (χ2v) is 43.0. The molecule has 25 atom stereocenters. The van der Waals surface area contributed by atoms with Gasteiger partial charge in [-0.3, -0.25) is 47.9 Å².